The largest absolute Gasteiger partial charge is 0.309 e. The molecule has 0 unspecified atom stereocenters. The van der Waals surface area contributed by atoms with Gasteiger partial charge in [-0.15, -0.1) is 0 Å². The van der Waals surface area contributed by atoms with Gasteiger partial charge in [-0.25, -0.2) is 0 Å². The van der Waals surface area contributed by atoms with E-state index in [1.54, 1.807) is 0 Å². The first-order valence-corrected chi connectivity index (χ1v) is 20.7. The van der Waals surface area contributed by atoms with Gasteiger partial charge in [-0.2, -0.15) is 0 Å². The summed E-state index contributed by atoms with van der Waals surface area (Å²) >= 11 is 0. The number of benzene rings is 7. The molecular weight excluding hydrogens is 687 g/mol. The van der Waals surface area contributed by atoms with Crippen LogP contribution in [0.2, 0.25) is 0 Å². The van der Waals surface area contributed by atoms with Gasteiger partial charge in [0, 0.05) is 27.6 Å². The van der Waals surface area contributed by atoms with Crippen molar-refractivity contribution >= 4 is 17.1 Å². The normalized spacial score (nSPS) is 14.8. The molecule has 9 rings (SSSR count). The Morgan fingerprint density at radius 3 is 1.40 bits per heavy atom. The monoisotopic (exact) mass is 741 g/mol. The SMILES string of the molecule is CC(C)(C)c1cc(N(c2ccccc2-c2ccc3c(c2)C(C)(C)c2ccccc2-3)c2ccccc2-c2cccc3c2C(C)(C)c2ccccc2-3)cc(C(C)(C)C)c1. The molecule has 2 aliphatic carbocycles. The first kappa shape index (κ1) is 36.9. The van der Waals surface area contributed by atoms with E-state index in [9.17, 15) is 0 Å². The molecule has 0 saturated carbocycles. The number of nitrogens with zero attached hydrogens (tertiary/aromatic N) is 1. The molecule has 0 N–H and O–H groups in total. The van der Waals surface area contributed by atoms with E-state index in [2.05, 4.69) is 226 Å². The molecule has 0 spiro atoms. The molecule has 0 saturated heterocycles. The molecule has 7 aromatic rings. The maximum atomic E-state index is 2.57. The highest BCUT2D eigenvalue weighted by Gasteiger charge is 2.39. The number of fused-ring (bicyclic) bond motifs is 6. The molecule has 1 heteroatoms. The molecular formula is C56H55N. The third-order valence-electron chi connectivity index (χ3n) is 13.0. The van der Waals surface area contributed by atoms with Crippen LogP contribution in [0.25, 0.3) is 44.5 Å². The highest BCUT2D eigenvalue weighted by atomic mass is 15.1. The third kappa shape index (κ3) is 5.89. The minimum absolute atomic E-state index is 0.0443. The van der Waals surface area contributed by atoms with E-state index < -0.39 is 0 Å². The Hall–Kier alpha value is -5.66. The van der Waals surface area contributed by atoms with Gasteiger partial charge in [-0.05, 0) is 108 Å². The maximum Gasteiger partial charge on any atom is 0.0540 e. The van der Waals surface area contributed by atoms with Crippen LogP contribution in [0.1, 0.15) is 103 Å². The fraction of sp³-hybridized carbons (Fsp3) is 0.250. The number of hydrogen-bond acceptors (Lipinski definition) is 1. The van der Waals surface area contributed by atoms with E-state index in [0.29, 0.717) is 0 Å². The molecule has 1 nitrogen and oxygen atoms in total. The van der Waals surface area contributed by atoms with E-state index in [4.69, 9.17) is 0 Å². The summed E-state index contributed by atoms with van der Waals surface area (Å²) in [4.78, 5) is 2.57. The first-order chi connectivity index (χ1) is 27.1. The van der Waals surface area contributed by atoms with Crippen LogP contribution in [0.3, 0.4) is 0 Å². The molecule has 2 aliphatic rings. The summed E-state index contributed by atoms with van der Waals surface area (Å²) in [5.41, 5.74) is 21.7. The number of anilines is 3. The van der Waals surface area contributed by atoms with Crippen LogP contribution >= 0.6 is 0 Å². The molecule has 0 heterocycles. The van der Waals surface area contributed by atoms with Gasteiger partial charge in [0.2, 0.25) is 0 Å². The molecule has 0 amide bonds. The van der Waals surface area contributed by atoms with E-state index in [1.807, 2.05) is 0 Å². The smallest absolute Gasteiger partial charge is 0.0540 e. The minimum Gasteiger partial charge on any atom is -0.309 e. The Balaban J connectivity index is 1.32. The van der Waals surface area contributed by atoms with E-state index in [0.717, 1.165) is 0 Å². The lowest BCUT2D eigenvalue weighted by Gasteiger charge is -2.34. The van der Waals surface area contributed by atoms with Gasteiger partial charge in [-0.1, -0.05) is 191 Å². The lowest BCUT2D eigenvalue weighted by Crippen LogP contribution is -2.20. The van der Waals surface area contributed by atoms with Crippen molar-refractivity contribution in [3.05, 3.63) is 185 Å². The van der Waals surface area contributed by atoms with Crippen LogP contribution in [0, 0.1) is 0 Å². The van der Waals surface area contributed by atoms with Crippen LogP contribution in [0.15, 0.2) is 152 Å². The van der Waals surface area contributed by atoms with Gasteiger partial charge < -0.3 is 4.90 Å². The number of hydrogen-bond donors (Lipinski definition) is 0. The van der Waals surface area contributed by atoms with E-state index >= 15 is 0 Å². The number of para-hydroxylation sites is 2. The zero-order chi connectivity index (χ0) is 40.1. The van der Waals surface area contributed by atoms with Gasteiger partial charge in [-0.3, -0.25) is 0 Å². The summed E-state index contributed by atoms with van der Waals surface area (Å²) in [5.74, 6) is 0. The van der Waals surface area contributed by atoms with Gasteiger partial charge in [0.25, 0.3) is 0 Å². The second-order valence-electron chi connectivity index (χ2n) is 19.5. The molecule has 0 aromatic heterocycles. The second kappa shape index (κ2) is 12.9. The summed E-state index contributed by atoms with van der Waals surface area (Å²) in [5, 5.41) is 0. The van der Waals surface area contributed by atoms with Gasteiger partial charge in [0.1, 0.15) is 0 Å². The van der Waals surface area contributed by atoms with E-state index in [1.165, 1.54) is 95.0 Å². The standard InChI is InChI=1S/C56H55N/c1-53(2,3)37-33-38(54(4,5)6)35-39(34-37)57(50-28-17-13-20-40(50)36-30-31-43-41-21-11-15-26-47(41)55(7,8)49(43)32-36)51-29-18-14-23-44(51)46-25-19-24-45-42-22-12-16-27-48(42)56(9,10)52(45)46/h11-35H,1-10H3. The fourth-order valence-corrected chi connectivity index (χ4v) is 9.77. The molecule has 0 fully saturated rings. The van der Waals surface area contributed by atoms with Crippen molar-refractivity contribution in [3.8, 4) is 44.5 Å². The zero-order valence-electron chi connectivity index (χ0n) is 35.4. The molecule has 57 heavy (non-hydrogen) atoms. The molecule has 0 aliphatic heterocycles. The highest BCUT2D eigenvalue weighted by molar-refractivity contribution is 5.97. The van der Waals surface area contributed by atoms with Crippen LogP contribution in [0.5, 0.6) is 0 Å². The van der Waals surface area contributed by atoms with E-state index in [-0.39, 0.29) is 21.7 Å². The predicted octanol–water partition coefficient (Wildman–Crippen LogP) is 15.7. The molecule has 0 radical (unpaired) electrons. The summed E-state index contributed by atoms with van der Waals surface area (Å²) < 4.78 is 0. The van der Waals surface area contributed by atoms with Crippen LogP contribution in [-0.4, -0.2) is 0 Å². The maximum absolute atomic E-state index is 2.57. The predicted molar refractivity (Wildman–Crippen MR) is 245 cm³/mol. The fourth-order valence-electron chi connectivity index (χ4n) is 9.77. The molecule has 7 aromatic carbocycles. The van der Waals surface area contributed by atoms with Crippen molar-refractivity contribution < 1.29 is 0 Å². The average Bonchev–Trinajstić information content (AvgIpc) is 3.57. The topological polar surface area (TPSA) is 3.24 Å². The second-order valence-corrected chi connectivity index (χ2v) is 19.5. The Labute approximate surface area is 341 Å². The molecule has 0 atom stereocenters. The van der Waals surface area contributed by atoms with Crippen molar-refractivity contribution in [1.29, 1.82) is 0 Å². The molecule has 0 bridgehead atoms. The van der Waals surface area contributed by atoms with Gasteiger partial charge >= 0.3 is 0 Å². The lowest BCUT2D eigenvalue weighted by molar-refractivity contribution is 0.569. The summed E-state index contributed by atoms with van der Waals surface area (Å²) in [7, 11) is 0. The average molecular weight is 742 g/mol. The Morgan fingerprint density at radius 2 is 0.807 bits per heavy atom. The Kier molecular flexibility index (Phi) is 8.38. The quantitative estimate of drug-likeness (QED) is 0.170. The summed E-state index contributed by atoms with van der Waals surface area (Å²) in [6, 6.07) is 57.5. The van der Waals surface area contributed by atoms with Crippen molar-refractivity contribution in [2.45, 2.75) is 90.9 Å². The Bertz CT molecular complexity index is 2670. The van der Waals surface area contributed by atoms with Crippen LogP contribution in [-0.2, 0) is 21.7 Å². The lowest BCUT2D eigenvalue weighted by atomic mass is 9.78. The van der Waals surface area contributed by atoms with Crippen LogP contribution < -0.4 is 4.90 Å². The van der Waals surface area contributed by atoms with Crippen molar-refractivity contribution in [3.63, 3.8) is 0 Å². The molecule has 284 valence electrons. The summed E-state index contributed by atoms with van der Waals surface area (Å²) in [6.45, 7) is 23.6. The minimum atomic E-state index is -0.154. The van der Waals surface area contributed by atoms with Gasteiger partial charge in [0.15, 0.2) is 0 Å². The zero-order valence-corrected chi connectivity index (χ0v) is 35.4. The Morgan fingerprint density at radius 1 is 0.368 bits per heavy atom. The highest BCUT2D eigenvalue weighted by Crippen LogP contribution is 2.55. The van der Waals surface area contributed by atoms with Crippen molar-refractivity contribution in [2.75, 3.05) is 4.90 Å². The van der Waals surface area contributed by atoms with Crippen molar-refractivity contribution in [1.82, 2.24) is 0 Å². The van der Waals surface area contributed by atoms with Gasteiger partial charge in [0.05, 0.1) is 11.4 Å². The third-order valence-corrected chi connectivity index (χ3v) is 13.0. The number of rotatable bonds is 5. The first-order valence-electron chi connectivity index (χ1n) is 20.7. The van der Waals surface area contributed by atoms with Crippen molar-refractivity contribution in [2.24, 2.45) is 0 Å². The summed E-state index contributed by atoms with van der Waals surface area (Å²) in [6.07, 6.45) is 0. The van der Waals surface area contributed by atoms with Crippen LogP contribution in [0.4, 0.5) is 17.1 Å².